The molecule has 2 aromatic heterocycles. The van der Waals surface area contributed by atoms with Gasteiger partial charge in [-0.2, -0.15) is 0 Å². The van der Waals surface area contributed by atoms with Crippen LogP contribution in [0.5, 0.6) is 5.88 Å². The summed E-state index contributed by atoms with van der Waals surface area (Å²) in [6.07, 6.45) is -3.16. The number of hydrogen-bond donors (Lipinski definition) is 3. The van der Waals surface area contributed by atoms with E-state index >= 15 is 0 Å². The molecule has 19 nitrogen and oxygen atoms in total. The molecule has 1 unspecified atom stereocenters. The van der Waals surface area contributed by atoms with Crippen molar-refractivity contribution in [3.8, 4) is 5.88 Å². The molecule has 1 aliphatic heterocycles. The predicted molar refractivity (Wildman–Crippen MR) is 91.8 cm³/mol. The molecule has 32 heavy (non-hydrogen) atoms. The van der Waals surface area contributed by atoms with Gasteiger partial charge < -0.3 is 72.7 Å². The van der Waals surface area contributed by atoms with Crippen LogP contribution in [0.1, 0.15) is 6.23 Å². The largest absolute Gasteiger partial charge is 1.00 e. The fourth-order valence-electron chi connectivity index (χ4n) is 2.28. The number of fused-ring (bicyclic) bond motifs is 1. The van der Waals surface area contributed by atoms with Crippen LogP contribution < -0.4 is 69.1 Å². The third-order valence-corrected chi connectivity index (χ3v) is 3.81. The maximum atomic E-state index is 11.5. The van der Waals surface area contributed by atoms with E-state index in [2.05, 4.69) is 19.5 Å². The zero-order valence-corrected chi connectivity index (χ0v) is 21.7. The molecule has 0 saturated carbocycles. The van der Waals surface area contributed by atoms with Crippen molar-refractivity contribution in [3.05, 3.63) is 12.7 Å². The summed E-state index contributed by atoms with van der Waals surface area (Å²) in [4.78, 5) is 30.3. The maximum absolute atomic E-state index is 11.5. The van der Waals surface area contributed by atoms with Crippen LogP contribution in [0.15, 0.2) is 12.7 Å². The summed E-state index contributed by atoms with van der Waals surface area (Å²) < 4.78 is 21.3. The summed E-state index contributed by atoms with van der Waals surface area (Å²) in [5, 5.41) is 31.5. The van der Waals surface area contributed by atoms with Crippen LogP contribution in [0.3, 0.4) is 0 Å². The molecule has 0 spiro atoms. The summed E-state index contributed by atoms with van der Waals surface area (Å²) in [6.45, 7) is -0.694. The normalized spacial score (nSPS) is 22.0. The topological polar surface area (TPSA) is 406 Å². The van der Waals surface area contributed by atoms with E-state index in [0.29, 0.717) is 0 Å². The van der Waals surface area contributed by atoms with Crippen LogP contribution in [0, 0.1) is 0 Å². The van der Waals surface area contributed by atoms with Crippen molar-refractivity contribution in [2.24, 2.45) is 0 Å². The van der Waals surface area contributed by atoms with Crippen LogP contribution in [0.2, 0.25) is 0 Å². The molecule has 22 heteroatoms. The first-order valence-electron chi connectivity index (χ1n) is 6.32. The molecular weight excluding hydrogens is 493 g/mol. The summed E-state index contributed by atoms with van der Waals surface area (Å²) in [7, 11) is -4.99. The number of phosphoric ester groups is 1. The summed E-state index contributed by atoms with van der Waals surface area (Å²) >= 11 is 0. The Morgan fingerprint density at radius 3 is 2.06 bits per heavy atom. The molecular formula is C10H25N4Na2O15P. The molecule has 1 aliphatic rings. The van der Waals surface area contributed by atoms with Gasteiger partial charge in [0.05, 0.1) is 12.9 Å². The molecule has 5 atom stereocenters. The van der Waals surface area contributed by atoms with Crippen molar-refractivity contribution in [1.82, 2.24) is 19.5 Å². The summed E-state index contributed by atoms with van der Waals surface area (Å²) in [5.41, 5.74) is 0.0383. The number of aliphatic hydroxyl groups excluding tert-OH is 2. The molecule has 0 radical (unpaired) electrons. The van der Waals surface area contributed by atoms with Crippen molar-refractivity contribution in [3.63, 3.8) is 0 Å². The Balaban J connectivity index is -0.000000139. The third kappa shape index (κ3) is 10.5. The molecule has 0 aliphatic carbocycles. The Morgan fingerprint density at radius 2 is 1.56 bits per heavy atom. The molecule has 17 N–H and O–H groups in total. The number of imidazole rings is 1. The van der Waals surface area contributed by atoms with Crippen molar-refractivity contribution in [2.75, 3.05) is 6.61 Å². The molecule has 182 valence electrons. The standard InChI is InChI=1S/C10H13N4O8P.2Na.7H2O/c15-6-4(1-21-23(18,19)20)22-10(7(6)16)14-3-13-5-8(14)11-2-12-9(5)17;;;;;;;;;/h2-4,6-7,10,15-16H,1H2,(H,11,12,17)(H2,18,19,20);;;7*1H2/q;2*+1;;;;;;;/p-2/t4-,6-,7-,10-;;;;;;;;;/m1........./s1. The zero-order chi connectivity index (χ0) is 16.8. The van der Waals surface area contributed by atoms with Gasteiger partial charge in [0.15, 0.2) is 11.9 Å². The Labute approximate surface area is 223 Å². The number of phosphoric acid groups is 1. The van der Waals surface area contributed by atoms with Crippen LogP contribution in [0.25, 0.3) is 11.2 Å². The van der Waals surface area contributed by atoms with Crippen molar-refractivity contribution < 1.29 is 136 Å². The van der Waals surface area contributed by atoms with Gasteiger partial charge in [-0.3, -0.25) is 14.1 Å². The Morgan fingerprint density at radius 1 is 1.03 bits per heavy atom. The number of aliphatic hydroxyl groups is 2. The van der Waals surface area contributed by atoms with E-state index in [9.17, 15) is 24.8 Å². The second-order valence-electron chi connectivity index (χ2n) is 4.81. The minimum absolute atomic E-state index is 0. The fourth-order valence-corrected chi connectivity index (χ4v) is 2.62. The van der Waals surface area contributed by atoms with E-state index in [1.807, 2.05) is 0 Å². The minimum atomic E-state index is -4.99. The van der Waals surface area contributed by atoms with E-state index in [1.165, 1.54) is 10.9 Å². The second kappa shape index (κ2) is 19.4. The smallest absolute Gasteiger partial charge is 0.857 e. The first kappa shape index (κ1) is 49.2. The van der Waals surface area contributed by atoms with E-state index in [-0.39, 0.29) is 109 Å². The monoisotopic (exact) mass is 518 g/mol. The Hall–Kier alpha value is 0.0600. The number of hydrogen-bond acceptors (Lipinski definition) is 10. The van der Waals surface area contributed by atoms with Crippen LogP contribution >= 0.6 is 7.82 Å². The van der Waals surface area contributed by atoms with E-state index in [1.54, 1.807) is 0 Å². The van der Waals surface area contributed by atoms with Gasteiger partial charge >= 0.3 is 59.1 Å². The third-order valence-electron chi connectivity index (χ3n) is 3.34. The molecule has 0 bridgehead atoms. The first-order chi connectivity index (χ1) is 10.8. The average molecular weight is 518 g/mol. The van der Waals surface area contributed by atoms with E-state index in [4.69, 9.17) is 9.63 Å². The summed E-state index contributed by atoms with van der Waals surface area (Å²) in [5.74, 6) is -0.616. The van der Waals surface area contributed by atoms with Gasteiger partial charge in [-0.05, 0) is 0 Å². The quantitative estimate of drug-likeness (QED) is 0.252. The zero-order valence-electron chi connectivity index (χ0n) is 16.8. The number of ether oxygens (including phenoxy) is 1. The molecule has 3 heterocycles. The van der Waals surface area contributed by atoms with Crippen molar-refractivity contribution in [2.45, 2.75) is 24.5 Å². The van der Waals surface area contributed by atoms with Gasteiger partial charge in [0.25, 0.3) is 7.82 Å². The molecule has 0 aromatic carbocycles. The Bertz CT molecular complexity index is 782. The van der Waals surface area contributed by atoms with Gasteiger partial charge in [0, 0.05) is 5.88 Å². The fraction of sp³-hybridized carbons (Fsp3) is 0.500. The second-order valence-corrected chi connectivity index (χ2v) is 6.01. The molecule has 1 saturated heterocycles. The van der Waals surface area contributed by atoms with Crippen molar-refractivity contribution in [1.29, 1.82) is 0 Å². The Kier molecular flexibility index (Phi) is 29.8. The SMILES string of the molecule is O.O.O.O.O.O.O.O=P([O-])(O)OC[C@H]1O[C@@H](n2cnc3c([O-])ncnc32)[C@H](O)[C@@H]1O.[Na+].[Na+]. The van der Waals surface area contributed by atoms with Gasteiger partial charge in [-0.15, -0.1) is 0 Å². The van der Waals surface area contributed by atoms with Crippen molar-refractivity contribution >= 4 is 19.0 Å². The summed E-state index contributed by atoms with van der Waals surface area (Å²) in [6, 6.07) is 0. The maximum Gasteiger partial charge on any atom is 1.00 e. The van der Waals surface area contributed by atoms with Crippen LogP contribution in [0.4, 0.5) is 0 Å². The van der Waals surface area contributed by atoms with Gasteiger partial charge in [-0.25, -0.2) is 9.97 Å². The number of nitrogens with zero attached hydrogens (tertiary/aromatic N) is 4. The minimum Gasteiger partial charge on any atom is -0.857 e. The molecule has 3 rings (SSSR count). The number of aromatic nitrogens is 4. The van der Waals surface area contributed by atoms with Gasteiger partial charge in [-0.1, -0.05) is 0 Å². The molecule has 1 fully saturated rings. The molecule has 0 amide bonds. The van der Waals surface area contributed by atoms with E-state index in [0.717, 1.165) is 6.33 Å². The van der Waals surface area contributed by atoms with Gasteiger partial charge in [0.2, 0.25) is 0 Å². The number of rotatable bonds is 4. The van der Waals surface area contributed by atoms with Crippen LogP contribution in [-0.4, -0.2) is 97.9 Å². The predicted octanol–water partition coefficient (Wildman–Crippen LogP) is -14.8. The van der Waals surface area contributed by atoms with Gasteiger partial charge in [0.1, 0.15) is 30.2 Å². The first-order valence-corrected chi connectivity index (χ1v) is 7.82. The molecule has 2 aromatic rings. The van der Waals surface area contributed by atoms with Crippen LogP contribution in [-0.2, 0) is 13.8 Å². The van der Waals surface area contributed by atoms with E-state index < -0.39 is 44.8 Å². The average Bonchev–Trinajstić information content (AvgIpc) is 3.01.